The van der Waals surface area contributed by atoms with Gasteiger partial charge in [0.25, 0.3) is 0 Å². The molecule has 1 N–H and O–H groups in total. The monoisotopic (exact) mass is 216 g/mol. The molecule has 0 fully saturated rings. The van der Waals surface area contributed by atoms with Crippen molar-refractivity contribution in [3.63, 3.8) is 0 Å². The zero-order valence-corrected chi connectivity index (χ0v) is 9.39. The summed E-state index contributed by atoms with van der Waals surface area (Å²) in [6.45, 7) is 3.09. The Kier molecular flexibility index (Phi) is 3.72. The van der Waals surface area contributed by atoms with Crippen LogP contribution in [0.25, 0.3) is 0 Å². The number of pyridine rings is 1. The molecule has 0 spiro atoms. The van der Waals surface area contributed by atoms with Crippen molar-refractivity contribution in [2.75, 3.05) is 6.54 Å². The van der Waals surface area contributed by atoms with Crippen molar-refractivity contribution < 1.29 is 4.42 Å². The van der Waals surface area contributed by atoms with Crippen LogP contribution in [0.5, 0.6) is 0 Å². The predicted molar refractivity (Wildman–Crippen MR) is 63.1 cm³/mol. The van der Waals surface area contributed by atoms with E-state index in [0.717, 1.165) is 24.4 Å². The second-order valence-corrected chi connectivity index (χ2v) is 3.66. The molecule has 2 aromatic heterocycles. The fourth-order valence-electron chi connectivity index (χ4n) is 1.64. The molecule has 2 heterocycles. The molecule has 1 unspecified atom stereocenters. The molecule has 0 aliphatic rings. The van der Waals surface area contributed by atoms with E-state index in [1.165, 1.54) is 0 Å². The highest BCUT2D eigenvalue weighted by atomic mass is 16.3. The van der Waals surface area contributed by atoms with Gasteiger partial charge in [0, 0.05) is 6.20 Å². The molecule has 0 saturated heterocycles. The quantitative estimate of drug-likeness (QED) is 0.835. The summed E-state index contributed by atoms with van der Waals surface area (Å²) in [6.07, 6.45) is 4.59. The molecule has 0 bridgehead atoms. The molecule has 0 radical (unpaired) electrons. The van der Waals surface area contributed by atoms with Gasteiger partial charge >= 0.3 is 0 Å². The predicted octanol–water partition coefficient (Wildman–Crippen LogP) is 2.76. The number of aromatic nitrogens is 1. The topological polar surface area (TPSA) is 38.1 Å². The molecule has 3 heteroatoms. The van der Waals surface area contributed by atoms with Crippen LogP contribution in [0.1, 0.15) is 30.8 Å². The van der Waals surface area contributed by atoms with Crippen LogP contribution < -0.4 is 5.32 Å². The fraction of sp³-hybridized carbons (Fsp3) is 0.308. The molecule has 2 rings (SSSR count). The third-order valence-electron chi connectivity index (χ3n) is 2.41. The van der Waals surface area contributed by atoms with Crippen LogP contribution in [0.3, 0.4) is 0 Å². The number of rotatable bonds is 5. The molecule has 2 aromatic rings. The van der Waals surface area contributed by atoms with E-state index in [2.05, 4.69) is 17.2 Å². The normalized spacial score (nSPS) is 12.6. The van der Waals surface area contributed by atoms with E-state index >= 15 is 0 Å². The Bertz CT molecular complexity index is 397. The standard InChI is InChI=1S/C13H16N2O/c1-2-8-15-13(12-7-5-10-16-12)11-6-3-4-9-14-11/h3-7,9-10,13,15H,2,8H2,1H3. The van der Waals surface area contributed by atoms with E-state index < -0.39 is 0 Å². The molecular weight excluding hydrogens is 200 g/mol. The Balaban J connectivity index is 2.21. The first kappa shape index (κ1) is 10.9. The minimum atomic E-state index is 0.0520. The highest BCUT2D eigenvalue weighted by Crippen LogP contribution is 2.20. The van der Waals surface area contributed by atoms with Crippen molar-refractivity contribution in [2.45, 2.75) is 19.4 Å². The molecule has 3 nitrogen and oxygen atoms in total. The van der Waals surface area contributed by atoms with Gasteiger partial charge in [0.1, 0.15) is 11.8 Å². The van der Waals surface area contributed by atoms with Crippen LogP contribution in [0.15, 0.2) is 47.2 Å². The van der Waals surface area contributed by atoms with E-state index in [9.17, 15) is 0 Å². The van der Waals surface area contributed by atoms with E-state index in [1.54, 1.807) is 12.5 Å². The summed E-state index contributed by atoms with van der Waals surface area (Å²) < 4.78 is 5.44. The van der Waals surface area contributed by atoms with Crippen LogP contribution in [0, 0.1) is 0 Å². The van der Waals surface area contributed by atoms with Crippen molar-refractivity contribution in [1.29, 1.82) is 0 Å². The Morgan fingerprint density at radius 3 is 2.88 bits per heavy atom. The summed E-state index contributed by atoms with van der Waals surface area (Å²) in [5, 5.41) is 3.43. The van der Waals surface area contributed by atoms with Gasteiger partial charge in [-0.2, -0.15) is 0 Å². The van der Waals surface area contributed by atoms with Gasteiger partial charge in [0.15, 0.2) is 0 Å². The van der Waals surface area contributed by atoms with E-state index in [4.69, 9.17) is 4.42 Å². The minimum absolute atomic E-state index is 0.0520. The second kappa shape index (κ2) is 5.47. The van der Waals surface area contributed by atoms with Crippen LogP contribution in [-0.2, 0) is 0 Å². The maximum Gasteiger partial charge on any atom is 0.126 e. The van der Waals surface area contributed by atoms with Gasteiger partial charge in [-0.15, -0.1) is 0 Å². The molecule has 0 aliphatic heterocycles. The molecule has 84 valence electrons. The van der Waals surface area contributed by atoms with Crippen LogP contribution in [0.2, 0.25) is 0 Å². The number of furan rings is 1. The number of nitrogens with zero attached hydrogens (tertiary/aromatic N) is 1. The van der Waals surface area contributed by atoms with Gasteiger partial charge in [0.05, 0.1) is 12.0 Å². The highest BCUT2D eigenvalue weighted by Gasteiger charge is 2.16. The number of hydrogen-bond donors (Lipinski definition) is 1. The maximum atomic E-state index is 5.44. The zero-order valence-electron chi connectivity index (χ0n) is 9.39. The molecule has 0 saturated carbocycles. The largest absolute Gasteiger partial charge is 0.467 e. The van der Waals surface area contributed by atoms with Crippen molar-refractivity contribution in [3.8, 4) is 0 Å². The van der Waals surface area contributed by atoms with Gasteiger partial charge in [0.2, 0.25) is 0 Å². The summed E-state index contributed by atoms with van der Waals surface area (Å²) in [5.74, 6) is 0.909. The average Bonchev–Trinajstić information content (AvgIpc) is 2.85. The maximum absolute atomic E-state index is 5.44. The zero-order chi connectivity index (χ0) is 11.2. The minimum Gasteiger partial charge on any atom is -0.467 e. The number of nitrogens with one attached hydrogen (secondary N) is 1. The summed E-state index contributed by atoms with van der Waals surface area (Å²) in [4.78, 5) is 4.37. The molecule has 0 aliphatic carbocycles. The Hall–Kier alpha value is -1.61. The molecule has 0 amide bonds. The SMILES string of the molecule is CCCNC(c1ccccn1)c1ccco1. The molecular formula is C13H16N2O. The summed E-state index contributed by atoms with van der Waals surface area (Å²) in [7, 11) is 0. The Labute approximate surface area is 95.5 Å². The van der Waals surface area contributed by atoms with Crippen molar-refractivity contribution in [1.82, 2.24) is 10.3 Å². The lowest BCUT2D eigenvalue weighted by molar-refractivity contribution is 0.442. The smallest absolute Gasteiger partial charge is 0.126 e. The Morgan fingerprint density at radius 2 is 2.25 bits per heavy atom. The average molecular weight is 216 g/mol. The second-order valence-electron chi connectivity index (χ2n) is 3.66. The van der Waals surface area contributed by atoms with Crippen molar-refractivity contribution in [2.24, 2.45) is 0 Å². The van der Waals surface area contributed by atoms with Gasteiger partial charge in [-0.1, -0.05) is 13.0 Å². The lowest BCUT2D eigenvalue weighted by atomic mass is 10.1. The molecule has 16 heavy (non-hydrogen) atoms. The molecule has 1 atom stereocenters. The van der Waals surface area contributed by atoms with Crippen LogP contribution >= 0.6 is 0 Å². The first-order valence-corrected chi connectivity index (χ1v) is 5.59. The van der Waals surface area contributed by atoms with Crippen LogP contribution in [-0.4, -0.2) is 11.5 Å². The first-order valence-electron chi connectivity index (χ1n) is 5.59. The lowest BCUT2D eigenvalue weighted by Gasteiger charge is -2.15. The van der Waals surface area contributed by atoms with Gasteiger partial charge < -0.3 is 9.73 Å². The summed E-state index contributed by atoms with van der Waals surface area (Å²) in [5.41, 5.74) is 0.992. The van der Waals surface area contributed by atoms with Gasteiger partial charge in [-0.3, -0.25) is 4.98 Å². The van der Waals surface area contributed by atoms with E-state index in [-0.39, 0.29) is 6.04 Å². The van der Waals surface area contributed by atoms with Crippen LogP contribution in [0.4, 0.5) is 0 Å². The highest BCUT2D eigenvalue weighted by molar-refractivity contribution is 5.19. The van der Waals surface area contributed by atoms with Crippen molar-refractivity contribution in [3.05, 3.63) is 54.2 Å². The molecule has 0 aromatic carbocycles. The third-order valence-corrected chi connectivity index (χ3v) is 2.41. The Morgan fingerprint density at radius 1 is 1.31 bits per heavy atom. The van der Waals surface area contributed by atoms with Crippen molar-refractivity contribution >= 4 is 0 Å². The fourth-order valence-corrected chi connectivity index (χ4v) is 1.64. The van der Waals surface area contributed by atoms with E-state index in [1.807, 2.05) is 30.3 Å². The summed E-state index contributed by atoms with van der Waals surface area (Å²) >= 11 is 0. The van der Waals surface area contributed by atoms with E-state index in [0.29, 0.717) is 0 Å². The number of hydrogen-bond acceptors (Lipinski definition) is 3. The van der Waals surface area contributed by atoms with Gasteiger partial charge in [-0.25, -0.2) is 0 Å². The first-order chi connectivity index (χ1) is 7.92. The third kappa shape index (κ3) is 2.49. The lowest BCUT2D eigenvalue weighted by Crippen LogP contribution is -2.23. The van der Waals surface area contributed by atoms with Gasteiger partial charge in [-0.05, 0) is 37.2 Å². The summed E-state index contributed by atoms with van der Waals surface area (Å²) in [6, 6.07) is 9.85.